The SMILES string of the molecule is CC(C)(CC(=O)O)c1c(O)c(Br)cc2c1OCO2. The Morgan fingerprint density at radius 1 is 1.50 bits per heavy atom. The Labute approximate surface area is 112 Å². The third kappa shape index (κ3) is 2.12. The van der Waals surface area contributed by atoms with Crippen LogP contribution in [0.1, 0.15) is 25.8 Å². The molecule has 0 fully saturated rings. The highest BCUT2D eigenvalue weighted by Gasteiger charge is 2.35. The number of rotatable bonds is 3. The summed E-state index contributed by atoms with van der Waals surface area (Å²) in [5.41, 5.74) is -0.316. The molecule has 5 nitrogen and oxygen atoms in total. The number of halogens is 1. The van der Waals surface area contributed by atoms with Crippen LogP contribution in [0.25, 0.3) is 0 Å². The number of hydrogen-bond donors (Lipinski definition) is 2. The molecule has 98 valence electrons. The Hall–Kier alpha value is -1.43. The number of hydrogen-bond acceptors (Lipinski definition) is 4. The third-order valence-electron chi connectivity index (χ3n) is 2.86. The summed E-state index contributed by atoms with van der Waals surface area (Å²) in [4.78, 5) is 10.9. The van der Waals surface area contributed by atoms with Crippen molar-refractivity contribution in [3.8, 4) is 17.2 Å². The molecular weight excluding hydrogens is 304 g/mol. The molecule has 0 saturated heterocycles. The quantitative estimate of drug-likeness (QED) is 0.896. The number of ether oxygens (including phenoxy) is 2. The molecule has 1 aliphatic heterocycles. The lowest BCUT2D eigenvalue weighted by molar-refractivity contribution is -0.138. The van der Waals surface area contributed by atoms with E-state index < -0.39 is 11.4 Å². The molecule has 1 aliphatic rings. The van der Waals surface area contributed by atoms with Crippen molar-refractivity contribution < 1.29 is 24.5 Å². The molecular formula is C12H13BrO5. The van der Waals surface area contributed by atoms with Crippen LogP contribution in [-0.2, 0) is 10.2 Å². The van der Waals surface area contributed by atoms with Crippen LogP contribution in [0.15, 0.2) is 10.5 Å². The van der Waals surface area contributed by atoms with Gasteiger partial charge in [-0.2, -0.15) is 0 Å². The standard InChI is InChI=1S/C12H13BrO5/c1-12(2,4-8(14)15)9-10(16)6(13)3-7-11(9)18-5-17-7/h3,16H,4-5H2,1-2H3,(H,14,15). The van der Waals surface area contributed by atoms with Crippen LogP contribution in [0.2, 0.25) is 0 Å². The second kappa shape index (κ2) is 4.35. The van der Waals surface area contributed by atoms with E-state index in [2.05, 4.69) is 15.9 Å². The van der Waals surface area contributed by atoms with E-state index in [4.69, 9.17) is 14.6 Å². The number of carboxylic acid groups (broad SMARTS) is 1. The minimum atomic E-state index is -0.938. The topological polar surface area (TPSA) is 76.0 Å². The van der Waals surface area contributed by atoms with Crippen molar-refractivity contribution in [1.82, 2.24) is 0 Å². The molecule has 18 heavy (non-hydrogen) atoms. The van der Waals surface area contributed by atoms with Gasteiger partial charge in [-0.15, -0.1) is 0 Å². The van der Waals surface area contributed by atoms with Crippen molar-refractivity contribution in [3.63, 3.8) is 0 Å². The fraction of sp³-hybridized carbons (Fsp3) is 0.417. The summed E-state index contributed by atoms with van der Waals surface area (Å²) in [6.45, 7) is 3.55. The van der Waals surface area contributed by atoms with Crippen molar-refractivity contribution in [3.05, 3.63) is 16.1 Å². The van der Waals surface area contributed by atoms with E-state index >= 15 is 0 Å². The molecule has 0 radical (unpaired) electrons. The molecule has 1 heterocycles. The predicted molar refractivity (Wildman–Crippen MR) is 67.2 cm³/mol. The molecule has 0 atom stereocenters. The first-order valence-electron chi connectivity index (χ1n) is 5.36. The Balaban J connectivity index is 2.59. The van der Waals surface area contributed by atoms with Gasteiger partial charge < -0.3 is 19.7 Å². The molecule has 2 N–H and O–H groups in total. The van der Waals surface area contributed by atoms with E-state index in [0.29, 0.717) is 21.5 Å². The van der Waals surface area contributed by atoms with E-state index in [9.17, 15) is 9.90 Å². The summed E-state index contributed by atoms with van der Waals surface area (Å²) in [6.07, 6.45) is -0.118. The summed E-state index contributed by atoms with van der Waals surface area (Å²) in [5.74, 6) is -0.0207. The first-order valence-corrected chi connectivity index (χ1v) is 6.15. The number of carboxylic acids is 1. The zero-order valence-corrected chi connectivity index (χ0v) is 11.6. The second-order valence-corrected chi connectivity index (χ2v) is 5.62. The molecule has 0 saturated carbocycles. The first kappa shape index (κ1) is 13.0. The number of aliphatic carboxylic acids is 1. The van der Waals surface area contributed by atoms with E-state index in [1.54, 1.807) is 19.9 Å². The monoisotopic (exact) mass is 316 g/mol. The second-order valence-electron chi connectivity index (χ2n) is 4.77. The van der Waals surface area contributed by atoms with E-state index in [-0.39, 0.29) is 19.0 Å². The largest absolute Gasteiger partial charge is 0.506 e. The fourth-order valence-electron chi connectivity index (χ4n) is 2.10. The molecule has 0 bridgehead atoms. The summed E-state index contributed by atoms with van der Waals surface area (Å²) in [6, 6.07) is 1.61. The average Bonchev–Trinajstić information content (AvgIpc) is 2.63. The van der Waals surface area contributed by atoms with Gasteiger partial charge in [-0.3, -0.25) is 4.79 Å². The smallest absolute Gasteiger partial charge is 0.304 e. The summed E-state index contributed by atoms with van der Waals surface area (Å²) >= 11 is 3.23. The van der Waals surface area contributed by atoms with E-state index in [1.807, 2.05) is 0 Å². The first-order chi connectivity index (χ1) is 8.33. The van der Waals surface area contributed by atoms with Gasteiger partial charge in [-0.1, -0.05) is 13.8 Å². The Bertz CT molecular complexity index is 510. The normalized spacial score (nSPS) is 13.7. The highest BCUT2D eigenvalue weighted by molar-refractivity contribution is 9.10. The Morgan fingerprint density at radius 2 is 2.17 bits per heavy atom. The molecule has 2 rings (SSSR count). The van der Waals surface area contributed by atoms with Gasteiger partial charge in [-0.25, -0.2) is 0 Å². The summed E-state index contributed by atoms with van der Waals surface area (Å²) in [5, 5.41) is 19.1. The van der Waals surface area contributed by atoms with Crippen LogP contribution >= 0.6 is 15.9 Å². The molecule has 1 aromatic rings. The lowest BCUT2D eigenvalue weighted by Gasteiger charge is -2.25. The van der Waals surface area contributed by atoms with Gasteiger partial charge in [0.2, 0.25) is 6.79 Å². The Morgan fingerprint density at radius 3 is 2.78 bits per heavy atom. The van der Waals surface area contributed by atoms with Gasteiger partial charge >= 0.3 is 5.97 Å². The number of carbonyl (C=O) groups is 1. The summed E-state index contributed by atoms with van der Waals surface area (Å²) in [7, 11) is 0. The maximum Gasteiger partial charge on any atom is 0.304 e. The van der Waals surface area contributed by atoms with Gasteiger partial charge in [0.15, 0.2) is 11.5 Å². The maximum absolute atomic E-state index is 10.9. The van der Waals surface area contributed by atoms with Crippen molar-refractivity contribution in [2.24, 2.45) is 0 Å². The molecule has 0 spiro atoms. The van der Waals surface area contributed by atoms with E-state index in [0.717, 1.165) is 0 Å². The van der Waals surface area contributed by atoms with Crippen LogP contribution in [0.3, 0.4) is 0 Å². The van der Waals surface area contributed by atoms with Gasteiger partial charge in [-0.05, 0) is 15.9 Å². The molecule has 0 amide bonds. The van der Waals surface area contributed by atoms with Gasteiger partial charge in [0.1, 0.15) is 5.75 Å². The maximum atomic E-state index is 10.9. The molecule has 0 unspecified atom stereocenters. The number of aromatic hydroxyl groups is 1. The van der Waals surface area contributed by atoms with Gasteiger partial charge in [0, 0.05) is 17.0 Å². The molecule has 6 heteroatoms. The highest BCUT2D eigenvalue weighted by Crippen LogP contribution is 2.50. The number of phenols is 1. The van der Waals surface area contributed by atoms with Crippen LogP contribution < -0.4 is 9.47 Å². The fourth-order valence-corrected chi connectivity index (χ4v) is 2.50. The minimum absolute atomic E-state index is 0.00880. The van der Waals surface area contributed by atoms with Crippen LogP contribution in [0, 0.1) is 0 Å². The number of benzene rings is 1. The van der Waals surface area contributed by atoms with E-state index in [1.165, 1.54) is 0 Å². The Kier molecular flexibility index (Phi) is 3.14. The highest BCUT2D eigenvalue weighted by atomic mass is 79.9. The molecule has 1 aromatic carbocycles. The van der Waals surface area contributed by atoms with Gasteiger partial charge in [0.05, 0.1) is 10.9 Å². The van der Waals surface area contributed by atoms with Gasteiger partial charge in [0.25, 0.3) is 0 Å². The van der Waals surface area contributed by atoms with Crippen LogP contribution in [0.5, 0.6) is 17.2 Å². The van der Waals surface area contributed by atoms with Crippen LogP contribution in [-0.4, -0.2) is 23.0 Å². The average molecular weight is 317 g/mol. The third-order valence-corrected chi connectivity index (χ3v) is 3.46. The van der Waals surface area contributed by atoms with Crippen LogP contribution in [0.4, 0.5) is 0 Å². The zero-order valence-electron chi connectivity index (χ0n) is 9.99. The van der Waals surface area contributed by atoms with Crippen molar-refractivity contribution in [2.45, 2.75) is 25.7 Å². The molecule has 0 aromatic heterocycles. The lowest BCUT2D eigenvalue weighted by atomic mass is 9.80. The zero-order chi connectivity index (χ0) is 13.5. The van der Waals surface area contributed by atoms with Crippen molar-refractivity contribution in [2.75, 3.05) is 6.79 Å². The number of phenolic OH excluding ortho intramolecular Hbond substituents is 1. The van der Waals surface area contributed by atoms with Crippen molar-refractivity contribution in [1.29, 1.82) is 0 Å². The predicted octanol–water partition coefficient (Wildman–Crippen LogP) is 2.64. The van der Waals surface area contributed by atoms with Crippen molar-refractivity contribution >= 4 is 21.9 Å². The molecule has 0 aliphatic carbocycles. The lowest BCUT2D eigenvalue weighted by Crippen LogP contribution is -2.22. The number of fused-ring (bicyclic) bond motifs is 1. The minimum Gasteiger partial charge on any atom is -0.506 e. The summed E-state index contributed by atoms with van der Waals surface area (Å²) < 4.78 is 11.1.